The van der Waals surface area contributed by atoms with Gasteiger partial charge in [0.1, 0.15) is 0 Å². The van der Waals surface area contributed by atoms with Gasteiger partial charge in [0.15, 0.2) is 5.76 Å². The molecule has 27 heavy (non-hydrogen) atoms. The van der Waals surface area contributed by atoms with Crippen molar-refractivity contribution in [1.29, 1.82) is 0 Å². The maximum Gasteiger partial charge on any atom is 0.204 e. The van der Waals surface area contributed by atoms with Gasteiger partial charge in [-0.1, -0.05) is 31.0 Å². The van der Waals surface area contributed by atoms with E-state index in [1.54, 1.807) is 6.26 Å². The maximum atomic E-state index is 5.86. The molecule has 0 atom stereocenters. The monoisotopic (exact) mass is 380 g/mol. The minimum Gasteiger partial charge on any atom is -0.461 e. The highest BCUT2D eigenvalue weighted by atomic mass is 32.1. The predicted molar refractivity (Wildman–Crippen MR) is 107 cm³/mol. The zero-order valence-corrected chi connectivity index (χ0v) is 16.1. The first kappa shape index (κ1) is 17.0. The van der Waals surface area contributed by atoms with E-state index in [0.29, 0.717) is 12.1 Å². The smallest absolute Gasteiger partial charge is 0.204 e. The molecule has 1 aromatic carbocycles. The van der Waals surface area contributed by atoms with Crippen LogP contribution in [0.3, 0.4) is 0 Å². The summed E-state index contributed by atoms with van der Waals surface area (Å²) in [7, 11) is 0. The number of furan rings is 1. The number of hydrogen-bond acceptors (Lipinski definition) is 4. The second-order valence-electron chi connectivity index (χ2n) is 7.58. The molecule has 5 rings (SSSR count). The van der Waals surface area contributed by atoms with Crippen molar-refractivity contribution in [3.8, 4) is 17.3 Å². The first-order valence-corrected chi connectivity index (χ1v) is 10.3. The Morgan fingerprint density at radius 1 is 1.00 bits per heavy atom. The Hall–Kier alpha value is -2.18. The molecular formula is C21H24N4OS. The van der Waals surface area contributed by atoms with Crippen molar-refractivity contribution in [2.75, 3.05) is 0 Å². The molecule has 2 aromatic heterocycles. The molecule has 0 unspecified atom stereocenters. The van der Waals surface area contributed by atoms with Crippen molar-refractivity contribution in [3.63, 3.8) is 0 Å². The largest absolute Gasteiger partial charge is 0.461 e. The molecule has 0 radical (unpaired) electrons. The lowest BCUT2D eigenvalue weighted by molar-refractivity contribution is 0.134. The van der Waals surface area contributed by atoms with Crippen LogP contribution < -0.4 is 0 Å². The molecule has 140 valence electrons. The molecule has 2 heterocycles. The van der Waals surface area contributed by atoms with Crippen LogP contribution in [0.15, 0.2) is 53.1 Å². The highest BCUT2D eigenvalue weighted by Crippen LogP contribution is 2.35. The van der Waals surface area contributed by atoms with Crippen molar-refractivity contribution < 1.29 is 4.42 Å². The third-order valence-corrected chi connectivity index (χ3v) is 6.10. The van der Waals surface area contributed by atoms with Gasteiger partial charge in [-0.05, 0) is 62.2 Å². The van der Waals surface area contributed by atoms with Crippen molar-refractivity contribution in [3.05, 3.63) is 53.5 Å². The van der Waals surface area contributed by atoms with Crippen molar-refractivity contribution in [2.45, 2.75) is 57.3 Å². The minimum atomic E-state index is 0.674. The summed E-state index contributed by atoms with van der Waals surface area (Å²) in [6.45, 7) is 0.766. The molecule has 2 aliphatic carbocycles. The molecule has 2 fully saturated rings. The van der Waals surface area contributed by atoms with Crippen LogP contribution in [0.1, 0.15) is 38.5 Å². The van der Waals surface area contributed by atoms with Crippen LogP contribution in [-0.4, -0.2) is 31.3 Å². The molecule has 0 bridgehead atoms. The van der Waals surface area contributed by atoms with Gasteiger partial charge in [0.2, 0.25) is 10.6 Å². The summed E-state index contributed by atoms with van der Waals surface area (Å²) in [5.41, 5.74) is 1.01. The zero-order chi connectivity index (χ0) is 18.2. The third-order valence-electron chi connectivity index (χ3n) is 5.70. The van der Waals surface area contributed by atoms with E-state index in [-0.39, 0.29) is 0 Å². The summed E-state index contributed by atoms with van der Waals surface area (Å²) >= 11 is 5.86. The Kier molecular flexibility index (Phi) is 4.45. The second-order valence-corrected chi connectivity index (χ2v) is 7.94. The van der Waals surface area contributed by atoms with Crippen LogP contribution >= 0.6 is 12.2 Å². The lowest BCUT2D eigenvalue weighted by Crippen LogP contribution is -2.37. The summed E-state index contributed by atoms with van der Waals surface area (Å²) < 4.78 is 10.4. The summed E-state index contributed by atoms with van der Waals surface area (Å²) in [6.07, 6.45) is 9.57. The fourth-order valence-corrected chi connectivity index (χ4v) is 4.49. The molecule has 2 aliphatic rings. The Bertz CT molecular complexity index is 950. The quantitative estimate of drug-likeness (QED) is 0.563. The molecule has 2 saturated carbocycles. The van der Waals surface area contributed by atoms with Crippen LogP contribution in [0.4, 0.5) is 0 Å². The van der Waals surface area contributed by atoms with E-state index in [9.17, 15) is 0 Å². The molecular weight excluding hydrogens is 356 g/mol. The van der Waals surface area contributed by atoms with Gasteiger partial charge in [0.05, 0.1) is 18.6 Å². The van der Waals surface area contributed by atoms with Gasteiger partial charge in [0.25, 0.3) is 0 Å². The molecule has 0 spiro atoms. The SMILES string of the molecule is S=c1n(CN(C2CCCC2)C2CC2)nc(-c2ccco2)n1-c1ccccc1. The van der Waals surface area contributed by atoms with E-state index in [4.69, 9.17) is 21.7 Å². The van der Waals surface area contributed by atoms with E-state index >= 15 is 0 Å². The average Bonchev–Trinajstić information content (AvgIpc) is 3.10. The Morgan fingerprint density at radius 2 is 1.74 bits per heavy atom. The summed E-state index contributed by atoms with van der Waals surface area (Å²) in [6, 6.07) is 15.4. The van der Waals surface area contributed by atoms with Gasteiger partial charge in [-0.2, -0.15) is 0 Å². The van der Waals surface area contributed by atoms with E-state index < -0.39 is 0 Å². The zero-order valence-electron chi connectivity index (χ0n) is 15.3. The standard InChI is InChI=1S/C21H24N4OS/c27-21-24(15-23(17-12-13-17)16-7-4-5-8-16)22-20(19-11-6-14-26-19)25(21)18-9-2-1-3-10-18/h1-3,6,9-11,14,16-17H,4-5,7-8,12-13,15H2. The number of benzene rings is 1. The lowest BCUT2D eigenvalue weighted by atomic mass is 10.2. The van der Waals surface area contributed by atoms with Gasteiger partial charge in [-0.3, -0.25) is 9.47 Å². The van der Waals surface area contributed by atoms with Crippen LogP contribution in [0.2, 0.25) is 0 Å². The van der Waals surface area contributed by atoms with Crippen LogP contribution in [0, 0.1) is 4.77 Å². The van der Waals surface area contributed by atoms with E-state index in [1.165, 1.54) is 38.5 Å². The van der Waals surface area contributed by atoms with Gasteiger partial charge in [-0.25, -0.2) is 4.68 Å². The molecule has 0 N–H and O–H groups in total. The fourth-order valence-electron chi connectivity index (χ4n) is 4.20. The Morgan fingerprint density at radius 3 is 2.41 bits per heavy atom. The van der Waals surface area contributed by atoms with E-state index in [0.717, 1.165) is 28.7 Å². The van der Waals surface area contributed by atoms with Crippen molar-refractivity contribution >= 4 is 12.2 Å². The van der Waals surface area contributed by atoms with Gasteiger partial charge in [0, 0.05) is 12.1 Å². The van der Waals surface area contributed by atoms with Gasteiger partial charge >= 0.3 is 0 Å². The number of hydrogen-bond donors (Lipinski definition) is 0. The number of nitrogens with zero attached hydrogens (tertiary/aromatic N) is 4. The van der Waals surface area contributed by atoms with Gasteiger partial charge in [-0.15, -0.1) is 5.10 Å². The summed E-state index contributed by atoms with van der Waals surface area (Å²) in [5, 5.41) is 4.89. The highest BCUT2D eigenvalue weighted by Gasteiger charge is 2.35. The van der Waals surface area contributed by atoms with Crippen LogP contribution in [0.5, 0.6) is 0 Å². The predicted octanol–water partition coefficient (Wildman–Crippen LogP) is 5.03. The minimum absolute atomic E-state index is 0.674. The first-order valence-electron chi connectivity index (χ1n) is 9.86. The maximum absolute atomic E-state index is 5.86. The second kappa shape index (κ2) is 7.09. The van der Waals surface area contributed by atoms with E-state index in [1.807, 2.05) is 39.6 Å². The number of rotatable bonds is 6. The highest BCUT2D eigenvalue weighted by molar-refractivity contribution is 7.71. The Balaban J connectivity index is 1.56. The molecule has 3 aromatic rings. The van der Waals surface area contributed by atoms with Crippen LogP contribution in [0.25, 0.3) is 17.3 Å². The topological polar surface area (TPSA) is 39.1 Å². The summed E-state index contributed by atoms with van der Waals surface area (Å²) in [4.78, 5) is 2.64. The molecule has 0 saturated heterocycles. The van der Waals surface area contributed by atoms with Crippen molar-refractivity contribution in [1.82, 2.24) is 19.2 Å². The molecule has 0 aliphatic heterocycles. The summed E-state index contributed by atoms with van der Waals surface area (Å²) in [5.74, 6) is 1.50. The van der Waals surface area contributed by atoms with E-state index in [2.05, 4.69) is 17.0 Å². The molecule has 6 heteroatoms. The van der Waals surface area contributed by atoms with Crippen molar-refractivity contribution in [2.24, 2.45) is 0 Å². The average molecular weight is 381 g/mol. The van der Waals surface area contributed by atoms with Gasteiger partial charge < -0.3 is 4.42 Å². The fraction of sp³-hybridized carbons (Fsp3) is 0.429. The number of para-hydroxylation sites is 1. The first-order chi connectivity index (χ1) is 13.3. The lowest BCUT2D eigenvalue weighted by Gasteiger charge is -2.28. The normalized spacial score (nSPS) is 17.8. The van der Waals surface area contributed by atoms with Crippen LogP contribution in [-0.2, 0) is 6.67 Å². The molecule has 5 nitrogen and oxygen atoms in total. The Labute approximate surface area is 164 Å². The molecule has 0 amide bonds. The number of aromatic nitrogens is 3. The third kappa shape index (κ3) is 3.28.